The standard InChI is InChI=1S/C9H12N2O2S/c1-13-4-8-11-9-6(12)2-5(10)3-7(9)14-8/h5H,2-4,10H2,1H3. The fraction of sp³-hybridized carbons (Fsp3) is 0.556. The SMILES string of the molecule is COCc1nc2c(s1)CC(N)CC2=O. The molecular formula is C9H12N2O2S. The Morgan fingerprint density at radius 3 is 3.14 bits per heavy atom. The van der Waals surface area contributed by atoms with E-state index in [0.717, 1.165) is 16.3 Å². The van der Waals surface area contributed by atoms with Gasteiger partial charge in [0.05, 0.1) is 6.61 Å². The maximum absolute atomic E-state index is 11.5. The number of Topliss-reactive ketones (excluding diaryl/α,β-unsaturated/α-hetero) is 1. The Morgan fingerprint density at radius 2 is 2.43 bits per heavy atom. The molecule has 0 fully saturated rings. The number of methoxy groups -OCH3 is 1. The summed E-state index contributed by atoms with van der Waals surface area (Å²) in [5.74, 6) is 0.0670. The number of nitrogens with zero attached hydrogens (tertiary/aromatic N) is 1. The Balaban J connectivity index is 2.30. The lowest BCUT2D eigenvalue weighted by Crippen LogP contribution is -2.30. The minimum absolute atomic E-state index is 0.0363. The molecule has 0 amide bonds. The van der Waals surface area contributed by atoms with Crippen molar-refractivity contribution in [2.45, 2.75) is 25.5 Å². The van der Waals surface area contributed by atoms with Crippen LogP contribution in [0, 0.1) is 0 Å². The molecule has 0 aliphatic heterocycles. The third-order valence-electron chi connectivity index (χ3n) is 2.17. The highest BCUT2D eigenvalue weighted by atomic mass is 32.1. The molecule has 0 spiro atoms. The van der Waals surface area contributed by atoms with E-state index in [1.165, 1.54) is 11.3 Å². The van der Waals surface area contributed by atoms with Gasteiger partial charge in [0.2, 0.25) is 0 Å². The van der Waals surface area contributed by atoms with Gasteiger partial charge >= 0.3 is 0 Å². The third-order valence-corrected chi connectivity index (χ3v) is 3.22. The first-order valence-corrected chi connectivity index (χ1v) is 5.28. The van der Waals surface area contributed by atoms with Gasteiger partial charge in [-0.05, 0) is 6.42 Å². The molecule has 1 aliphatic carbocycles. The van der Waals surface area contributed by atoms with Crippen LogP contribution in [-0.4, -0.2) is 23.9 Å². The highest BCUT2D eigenvalue weighted by molar-refractivity contribution is 7.12. The van der Waals surface area contributed by atoms with Crippen LogP contribution < -0.4 is 5.73 Å². The average Bonchev–Trinajstić information content (AvgIpc) is 2.48. The Hall–Kier alpha value is -0.780. The van der Waals surface area contributed by atoms with Crippen LogP contribution in [0.4, 0.5) is 0 Å². The monoisotopic (exact) mass is 212 g/mol. The fourth-order valence-corrected chi connectivity index (χ4v) is 2.74. The van der Waals surface area contributed by atoms with E-state index in [-0.39, 0.29) is 11.8 Å². The van der Waals surface area contributed by atoms with Crippen LogP contribution in [-0.2, 0) is 17.8 Å². The molecule has 0 saturated carbocycles. The number of nitrogens with two attached hydrogens (primary N) is 1. The number of ketones is 1. The summed E-state index contributed by atoms with van der Waals surface area (Å²) in [5, 5.41) is 0.861. The number of ether oxygens (including phenoxy) is 1. The van der Waals surface area contributed by atoms with Crippen molar-refractivity contribution in [1.29, 1.82) is 0 Å². The lowest BCUT2D eigenvalue weighted by atomic mass is 9.97. The number of hydrogen-bond acceptors (Lipinski definition) is 5. The third kappa shape index (κ3) is 1.70. The molecule has 4 nitrogen and oxygen atoms in total. The fourth-order valence-electron chi connectivity index (χ4n) is 1.59. The molecule has 0 saturated heterocycles. The first kappa shape index (κ1) is 9.76. The van der Waals surface area contributed by atoms with Gasteiger partial charge in [0.15, 0.2) is 5.78 Å². The molecule has 0 aromatic carbocycles. The number of rotatable bonds is 2. The molecule has 1 aromatic rings. The van der Waals surface area contributed by atoms with E-state index in [1.54, 1.807) is 7.11 Å². The van der Waals surface area contributed by atoms with Gasteiger partial charge in [-0.3, -0.25) is 4.79 Å². The number of thiazole rings is 1. The number of carbonyl (C=O) groups excluding carboxylic acids is 1. The molecule has 1 unspecified atom stereocenters. The molecule has 2 rings (SSSR count). The van der Waals surface area contributed by atoms with Crippen molar-refractivity contribution in [2.75, 3.05) is 7.11 Å². The van der Waals surface area contributed by atoms with Gasteiger partial charge in [-0.15, -0.1) is 11.3 Å². The summed E-state index contributed by atoms with van der Waals surface area (Å²) < 4.78 is 4.97. The summed E-state index contributed by atoms with van der Waals surface area (Å²) in [6.45, 7) is 0.472. The molecule has 1 heterocycles. The van der Waals surface area contributed by atoms with Crippen molar-refractivity contribution in [2.24, 2.45) is 5.73 Å². The predicted octanol–water partition coefficient (Wildman–Crippen LogP) is 0.746. The summed E-state index contributed by atoms with van der Waals surface area (Å²) in [4.78, 5) is 16.8. The van der Waals surface area contributed by atoms with Crippen molar-refractivity contribution in [1.82, 2.24) is 4.98 Å². The summed E-state index contributed by atoms with van der Waals surface area (Å²) in [7, 11) is 1.62. The van der Waals surface area contributed by atoms with Gasteiger partial charge < -0.3 is 10.5 Å². The molecule has 5 heteroatoms. The molecule has 14 heavy (non-hydrogen) atoms. The van der Waals surface area contributed by atoms with Crippen LogP contribution in [0.2, 0.25) is 0 Å². The maximum Gasteiger partial charge on any atom is 0.183 e. The first-order chi connectivity index (χ1) is 6.70. The molecule has 0 radical (unpaired) electrons. The van der Waals surface area contributed by atoms with E-state index in [2.05, 4.69) is 4.98 Å². The Labute approximate surface area is 86.1 Å². The Bertz CT molecular complexity index is 362. The van der Waals surface area contributed by atoms with Gasteiger partial charge in [0.25, 0.3) is 0 Å². The van der Waals surface area contributed by atoms with Crippen molar-refractivity contribution < 1.29 is 9.53 Å². The largest absolute Gasteiger partial charge is 0.378 e. The zero-order chi connectivity index (χ0) is 10.1. The van der Waals surface area contributed by atoms with E-state index in [9.17, 15) is 4.79 Å². The minimum atomic E-state index is -0.0363. The second-order valence-corrected chi connectivity index (χ2v) is 4.57. The van der Waals surface area contributed by atoms with Crippen LogP contribution >= 0.6 is 11.3 Å². The van der Waals surface area contributed by atoms with Gasteiger partial charge in [0.1, 0.15) is 10.7 Å². The molecular weight excluding hydrogens is 200 g/mol. The minimum Gasteiger partial charge on any atom is -0.378 e. The molecule has 1 atom stereocenters. The number of aromatic nitrogens is 1. The highest BCUT2D eigenvalue weighted by Gasteiger charge is 2.26. The van der Waals surface area contributed by atoms with E-state index in [0.29, 0.717) is 18.7 Å². The number of carbonyl (C=O) groups is 1. The Kier molecular flexibility index (Phi) is 2.62. The van der Waals surface area contributed by atoms with E-state index in [1.807, 2.05) is 0 Å². The smallest absolute Gasteiger partial charge is 0.183 e. The second kappa shape index (κ2) is 3.76. The topological polar surface area (TPSA) is 65.2 Å². The van der Waals surface area contributed by atoms with Crippen LogP contribution in [0.15, 0.2) is 0 Å². The zero-order valence-electron chi connectivity index (χ0n) is 7.95. The Morgan fingerprint density at radius 1 is 1.64 bits per heavy atom. The van der Waals surface area contributed by atoms with Crippen molar-refractivity contribution in [3.05, 3.63) is 15.6 Å². The van der Waals surface area contributed by atoms with Gasteiger partial charge in [0, 0.05) is 24.4 Å². The molecule has 76 valence electrons. The lowest BCUT2D eigenvalue weighted by Gasteiger charge is -2.14. The quantitative estimate of drug-likeness (QED) is 0.785. The van der Waals surface area contributed by atoms with Crippen LogP contribution in [0.1, 0.15) is 26.8 Å². The predicted molar refractivity (Wildman–Crippen MR) is 53.5 cm³/mol. The number of fused-ring (bicyclic) bond motifs is 1. The average molecular weight is 212 g/mol. The summed E-state index contributed by atoms with van der Waals surface area (Å²) in [6, 6.07) is -0.0363. The number of hydrogen-bond donors (Lipinski definition) is 1. The van der Waals surface area contributed by atoms with E-state index < -0.39 is 0 Å². The van der Waals surface area contributed by atoms with Gasteiger partial charge in [-0.1, -0.05) is 0 Å². The summed E-state index contributed by atoms with van der Waals surface area (Å²) in [6.07, 6.45) is 1.19. The molecule has 0 bridgehead atoms. The van der Waals surface area contributed by atoms with Crippen LogP contribution in [0.3, 0.4) is 0 Å². The molecule has 1 aromatic heterocycles. The summed E-state index contributed by atoms with van der Waals surface area (Å²) in [5.41, 5.74) is 6.36. The van der Waals surface area contributed by atoms with Crippen molar-refractivity contribution in [3.63, 3.8) is 0 Å². The van der Waals surface area contributed by atoms with Gasteiger partial charge in [-0.25, -0.2) is 4.98 Å². The molecule has 1 aliphatic rings. The van der Waals surface area contributed by atoms with Crippen LogP contribution in [0.5, 0.6) is 0 Å². The maximum atomic E-state index is 11.5. The van der Waals surface area contributed by atoms with E-state index >= 15 is 0 Å². The van der Waals surface area contributed by atoms with E-state index in [4.69, 9.17) is 10.5 Å². The van der Waals surface area contributed by atoms with Crippen molar-refractivity contribution in [3.8, 4) is 0 Å². The highest BCUT2D eigenvalue weighted by Crippen LogP contribution is 2.26. The summed E-state index contributed by atoms with van der Waals surface area (Å²) >= 11 is 1.53. The normalized spacial score (nSPS) is 21.0. The van der Waals surface area contributed by atoms with Crippen LogP contribution in [0.25, 0.3) is 0 Å². The first-order valence-electron chi connectivity index (χ1n) is 4.47. The molecule has 2 N–H and O–H groups in total. The van der Waals surface area contributed by atoms with Crippen molar-refractivity contribution >= 4 is 17.1 Å². The van der Waals surface area contributed by atoms with Gasteiger partial charge in [-0.2, -0.15) is 0 Å². The lowest BCUT2D eigenvalue weighted by molar-refractivity contribution is 0.0961. The zero-order valence-corrected chi connectivity index (χ0v) is 8.76. The second-order valence-electron chi connectivity index (χ2n) is 3.40.